The van der Waals surface area contributed by atoms with E-state index in [9.17, 15) is 13.2 Å². The van der Waals surface area contributed by atoms with E-state index in [2.05, 4.69) is 21.8 Å². The average molecular weight is 410 g/mol. The zero-order chi connectivity index (χ0) is 20.1. The Morgan fingerprint density at radius 2 is 1.89 bits per heavy atom. The molecule has 2 aliphatic rings. The number of amides is 1. The van der Waals surface area contributed by atoms with Gasteiger partial charge in [-0.3, -0.25) is 0 Å². The molecule has 2 aliphatic heterocycles. The fraction of sp³-hybridized carbons (Fsp3) is 0.650. The highest BCUT2D eigenvalue weighted by molar-refractivity contribution is 7.88. The van der Waals surface area contributed by atoms with Gasteiger partial charge in [0.1, 0.15) is 0 Å². The summed E-state index contributed by atoms with van der Waals surface area (Å²) in [7, 11) is -1.97. The molecule has 8 heteroatoms. The number of methoxy groups -OCH3 is 1. The van der Waals surface area contributed by atoms with Crippen LogP contribution in [0.4, 0.5) is 10.5 Å². The summed E-state index contributed by atoms with van der Waals surface area (Å²) in [6.07, 6.45) is 5.25. The summed E-state index contributed by atoms with van der Waals surface area (Å²) in [6, 6.07) is 9.90. The van der Waals surface area contributed by atoms with Gasteiger partial charge in [0, 0.05) is 31.4 Å². The van der Waals surface area contributed by atoms with E-state index in [1.165, 1.54) is 19.1 Å². The van der Waals surface area contributed by atoms with Crippen molar-refractivity contribution < 1.29 is 17.9 Å². The Balaban J connectivity index is 1.75. The van der Waals surface area contributed by atoms with Crippen LogP contribution >= 0.6 is 0 Å². The molecule has 0 saturated carbocycles. The number of para-hydroxylation sites is 1. The van der Waals surface area contributed by atoms with Gasteiger partial charge in [0.25, 0.3) is 0 Å². The number of sulfonamides is 1. The van der Waals surface area contributed by atoms with Gasteiger partial charge in [-0.05, 0) is 50.2 Å². The third kappa shape index (κ3) is 5.38. The highest BCUT2D eigenvalue weighted by atomic mass is 32.2. The van der Waals surface area contributed by atoms with Crippen molar-refractivity contribution >= 4 is 21.8 Å². The van der Waals surface area contributed by atoms with E-state index < -0.39 is 10.0 Å². The molecule has 3 rings (SSSR count). The molecule has 0 radical (unpaired) electrons. The minimum Gasteiger partial charge on any atom is -0.453 e. The Morgan fingerprint density at radius 1 is 1.18 bits per heavy atom. The van der Waals surface area contributed by atoms with Crippen LogP contribution in [0.1, 0.15) is 32.1 Å². The normalized spacial score (nSPS) is 26.1. The van der Waals surface area contributed by atoms with Crippen LogP contribution < -0.4 is 9.62 Å². The number of nitrogens with zero attached hydrogens (tertiary/aromatic N) is 2. The van der Waals surface area contributed by atoms with E-state index >= 15 is 0 Å². The Labute approximate surface area is 168 Å². The molecular formula is C20H31N3O4S. The quantitative estimate of drug-likeness (QED) is 0.808. The summed E-state index contributed by atoms with van der Waals surface area (Å²) in [4.78, 5) is 16.4. The fourth-order valence-corrected chi connectivity index (χ4v) is 5.40. The van der Waals surface area contributed by atoms with E-state index in [1.54, 1.807) is 4.90 Å². The third-order valence-electron chi connectivity index (χ3n) is 5.77. The summed E-state index contributed by atoms with van der Waals surface area (Å²) in [5, 5.41) is 0. The van der Waals surface area contributed by atoms with E-state index in [0.717, 1.165) is 45.2 Å². The number of piperidine rings is 2. The molecule has 28 heavy (non-hydrogen) atoms. The first-order valence-electron chi connectivity index (χ1n) is 9.99. The molecule has 1 aromatic rings. The highest BCUT2D eigenvalue weighted by Gasteiger charge is 2.38. The topological polar surface area (TPSA) is 79.0 Å². The number of carbonyl (C=O) groups excluding carboxylic acids is 1. The summed E-state index contributed by atoms with van der Waals surface area (Å²) < 4.78 is 31.5. The lowest BCUT2D eigenvalue weighted by Crippen LogP contribution is -2.58. The molecule has 1 N–H and O–H groups in total. The van der Waals surface area contributed by atoms with E-state index in [1.807, 2.05) is 18.2 Å². The first-order valence-corrected chi connectivity index (χ1v) is 11.9. The molecule has 7 nitrogen and oxygen atoms in total. The van der Waals surface area contributed by atoms with Crippen molar-refractivity contribution in [2.45, 2.75) is 44.2 Å². The van der Waals surface area contributed by atoms with Gasteiger partial charge in [-0.2, -0.15) is 0 Å². The molecule has 3 atom stereocenters. The molecule has 0 aromatic heterocycles. The smallest absolute Gasteiger partial charge is 0.409 e. The maximum atomic E-state index is 12.3. The largest absolute Gasteiger partial charge is 0.453 e. The summed E-state index contributed by atoms with van der Waals surface area (Å²) >= 11 is 0. The first-order chi connectivity index (χ1) is 13.4. The molecule has 0 spiro atoms. The molecule has 156 valence electrons. The van der Waals surface area contributed by atoms with Gasteiger partial charge in [-0.1, -0.05) is 18.2 Å². The molecule has 3 unspecified atom stereocenters. The van der Waals surface area contributed by atoms with Crippen molar-refractivity contribution in [3.8, 4) is 0 Å². The second-order valence-electron chi connectivity index (χ2n) is 7.90. The summed E-state index contributed by atoms with van der Waals surface area (Å²) in [5.41, 5.74) is 1.21. The lowest BCUT2D eigenvalue weighted by atomic mass is 9.85. The van der Waals surface area contributed by atoms with Gasteiger partial charge < -0.3 is 14.5 Å². The Bertz CT molecular complexity index is 756. The predicted molar refractivity (Wildman–Crippen MR) is 110 cm³/mol. The molecule has 0 bridgehead atoms. The average Bonchev–Trinajstić information content (AvgIpc) is 2.68. The second-order valence-corrected chi connectivity index (χ2v) is 9.68. The van der Waals surface area contributed by atoms with Gasteiger partial charge in [0.05, 0.1) is 19.4 Å². The summed E-state index contributed by atoms with van der Waals surface area (Å²) in [5.74, 6) is 0.396. The maximum absolute atomic E-state index is 12.3. The summed E-state index contributed by atoms with van der Waals surface area (Å²) in [6.45, 7) is 2.55. The van der Waals surface area contributed by atoms with Gasteiger partial charge >= 0.3 is 6.09 Å². The van der Waals surface area contributed by atoms with Crippen LogP contribution in [0.3, 0.4) is 0 Å². The van der Waals surface area contributed by atoms with Crippen LogP contribution in [0.25, 0.3) is 0 Å². The van der Waals surface area contributed by atoms with Gasteiger partial charge in [0.2, 0.25) is 10.0 Å². The molecule has 2 heterocycles. The van der Waals surface area contributed by atoms with Gasteiger partial charge in [-0.25, -0.2) is 17.9 Å². The number of rotatable bonds is 5. The van der Waals surface area contributed by atoms with E-state index in [4.69, 9.17) is 4.74 Å². The van der Waals surface area contributed by atoms with E-state index in [-0.39, 0.29) is 18.2 Å². The molecule has 2 fully saturated rings. The number of nitrogens with one attached hydrogen (secondary N) is 1. The number of ether oxygens (including phenoxy) is 1. The molecule has 1 aromatic carbocycles. The minimum atomic E-state index is -3.35. The van der Waals surface area contributed by atoms with Crippen molar-refractivity contribution in [3.63, 3.8) is 0 Å². The van der Waals surface area contributed by atoms with Crippen molar-refractivity contribution in [2.24, 2.45) is 5.92 Å². The monoisotopic (exact) mass is 409 g/mol. The number of carbonyl (C=O) groups is 1. The molecular weight excluding hydrogens is 378 g/mol. The highest BCUT2D eigenvalue weighted by Crippen LogP contribution is 2.30. The lowest BCUT2D eigenvalue weighted by Gasteiger charge is -2.43. The van der Waals surface area contributed by atoms with Crippen LogP contribution in [0.2, 0.25) is 0 Å². The SMILES string of the molecule is COC(=O)N1CCCC(NS(C)(=O)=O)C1CC1CCCN(c2ccccc2)C1. The number of hydrogen-bond donors (Lipinski definition) is 1. The standard InChI is InChI=1S/C20H31N3O4S/c1-27-20(24)23-13-7-11-18(21-28(2,25)26)19(23)14-16-8-6-12-22(15-16)17-9-4-3-5-10-17/h3-5,9-10,16,18-19,21H,6-8,11-15H2,1-2H3. The van der Waals surface area contributed by atoms with Crippen LogP contribution in [-0.4, -0.2) is 64.5 Å². The van der Waals surface area contributed by atoms with Crippen LogP contribution in [0.5, 0.6) is 0 Å². The number of hydrogen-bond acceptors (Lipinski definition) is 5. The lowest BCUT2D eigenvalue weighted by molar-refractivity contribution is 0.0687. The van der Waals surface area contributed by atoms with Crippen molar-refractivity contribution in [3.05, 3.63) is 30.3 Å². The number of likely N-dealkylation sites (tertiary alicyclic amines) is 1. The first kappa shape index (κ1) is 20.9. The number of anilines is 1. The fourth-order valence-electron chi connectivity index (χ4n) is 4.58. The van der Waals surface area contributed by atoms with Crippen LogP contribution in [-0.2, 0) is 14.8 Å². The van der Waals surface area contributed by atoms with Crippen molar-refractivity contribution in [1.82, 2.24) is 9.62 Å². The second kappa shape index (κ2) is 9.13. The zero-order valence-electron chi connectivity index (χ0n) is 16.7. The molecule has 1 amide bonds. The van der Waals surface area contributed by atoms with Crippen molar-refractivity contribution in [1.29, 1.82) is 0 Å². The molecule has 2 saturated heterocycles. The van der Waals surface area contributed by atoms with Crippen LogP contribution in [0, 0.1) is 5.92 Å². The number of benzene rings is 1. The minimum absolute atomic E-state index is 0.184. The zero-order valence-corrected chi connectivity index (χ0v) is 17.5. The Morgan fingerprint density at radius 3 is 2.57 bits per heavy atom. The van der Waals surface area contributed by atoms with Gasteiger partial charge in [0.15, 0.2) is 0 Å². The molecule has 0 aliphatic carbocycles. The van der Waals surface area contributed by atoms with Gasteiger partial charge in [-0.15, -0.1) is 0 Å². The Hall–Kier alpha value is -1.80. The predicted octanol–water partition coefficient (Wildman–Crippen LogP) is 2.44. The van der Waals surface area contributed by atoms with Crippen LogP contribution in [0.15, 0.2) is 30.3 Å². The third-order valence-corrected chi connectivity index (χ3v) is 6.50. The maximum Gasteiger partial charge on any atom is 0.409 e. The van der Waals surface area contributed by atoms with E-state index in [0.29, 0.717) is 12.5 Å². The Kier molecular flexibility index (Phi) is 6.82. The van der Waals surface area contributed by atoms with Crippen molar-refractivity contribution in [2.75, 3.05) is 37.9 Å².